The molecule has 2 aromatic rings. The fraction of sp³-hybridized carbons (Fsp3) is 0.333. The van der Waals surface area contributed by atoms with Gasteiger partial charge in [0.1, 0.15) is 5.60 Å². The predicted octanol–water partition coefficient (Wildman–Crippen LogP) is 4.22. The quantitative estimate of drug-likeness (QED) is 0.819. The molecule has 0 aromatic carbocycles. The molecule has 2 rings (SSSR count). The van der Waals surface area contributed by atoms with E-state index in [0.29, 0.717) is 0 Å². The van der Waals surface area contributed by atoms with E-state index in [-0.39, 0.29) is 0 Å². The number of halogens is 1. The minimum atomic E-state index is -0.812. The lowest BCUT2D eigenvalue weighted by atomic mass is 9.86. The first-order valence-electron chi connectivity index (χ1n) is 5.11. The molecule has 86 valence electrons. The highest BCUT2D eigenvalue weighted by molar-refractivity contribution is 9.09. The Morgan fingerprint density at radius 2 is 1.69 bits per heavy atom. The zero-order valence-electron chi connectivity index (χ0n) is 8.73. The van der Waals surface area contributed by atoms with Crippen LogP contribution in [-0.2, 0) is 5.60 Å². The van der Waals surface area contributed by atoms with Gasteiger partial charge in [0.15, 0.2) is 0 Å². The van der Waals surface area contributed by atoms with Crippen molar-refractivity contribution in [2.45, 2.75) is 18.4 Å². The van der Waals surface area contributed by atoms with Gasteiger partial charge in [-0.1, -0.05) is 15.9 Å². The van der Waals surface area contributed by atoms with Gasteiger partial charge in [0.05, 0.1) is 0 Å². The van der Waals surface area contributed by atoms with E-state index in [1.165, 1.54) is 0 Å². The van der Waals surface area contributed by atoms with Gasteiger partial charge < -0.3 is 5.11 Å². The van der Waals surface area contributed by atoms with Crippen LogP contribution >= 0.6 is 38.6 Å². The Balaban J connectivity index is 2.33. The molecule has 0 fully saturated rings. The molecule has 4 heteroatoms. The molecule has 0 bridgehead atoms. The Morgan fingerprint density at radius 1 is 1.12 bits per heavy atom. The molecule has 0 aliphatic heterocycles. The van der Waals surface area contributed by atoms with E-state index in [9.17, 15) is 5.11 Å². The molecule has 0 saturated heterocycles. The minimum absolute atomic E-state index is 0.756. The van der Waals surface area contributed by atoms with E-state index < -0.39 is 5.60 Å². The van der Waals surface area contributed by atoms with Gasteiger partial charge in [-0.2, -0.15) is 22.7 Å². The summed E-state index contributed by atoms with van der Waals surface area (Å²) in [5.41, 5.74) is 1.21. The van der Waals surface area contributed by atoms with Crippen molar-refractivity contribution >= 4 is 38.6 Å². The van der Waals surface area contributed by atoms with Gasteiger partial charge in [0.25, 0.3) is 0 Å². The van der Waals surface area contributed by atoms with Gasteiger partial charge in [-0.25, -0.2) is 0 Å². The van der Waals surface area contributed by atoms with Crippen molar-refractivity contribution in [3.05, 3.63) is 44.8 Å². The van der Waals surface area contributed by atoms with E-state index in [0.717, 1.165) is 29.3 Å². The van der Waals surface area contributed by atoms with Crippen molar-refractivity contribution < 1.29 is 5.11 Å². The van der Waals surface area contributed by atoms with E-state index in [1.807, 2.05) is 33.7 Å². The monoisotopic (exact) mass is 316 g/mol. The third-order valence-corrected chi connectivity index (χ3v) is 4.60. The standard InChI is InChI=1S/C12H13BrOS2/c13-5-1-4-12(14,10-2-6-15-8-10)11-3-7-16-9-11/h2-3,6-9,14H,1,4-5H2. The fourth-order valence-corrected chi connectivity index (χ4v) is 3.51. The first-order valence-corrected chi connectivity index (χ1v) is 8.12. The van der Waals surface area contributed by atoms with Crippen molar-refractivity contribution in [2.24, 2.45) is 0 Å². The highest BCUT2D eigenvalue weighted by Crippen LogP contribution is 2.36. The summed E-state index contributed by atoms with van der Waals surface area (Å²) in [4.78, 5) is 0. The first kappa shape index (κ1) is 12.3. The molecule has 0 amide bonds. The predicted molar refractivity (Wildman–Crippen MR) is 74.7 cm³/mol. The summed E-state index contributed by atoms with van der Waals surface area (Å²) in [7, 11) is 0. The van der Waals surface area contributed by atoms with E-state index in [4.69, 9.17) is 0 Å². The van der Waals surface area contributed by atoms with Crippen LogP contribution in [0.2, 0.25) is 0 Å². The Labute approximate surface area is 112 Å². The van der Waals surface area contributed by atoms with Crippen molar-refractivity contribution in [2.75, 3.05) is 5.33 Å². The van der Waals surface area contributed by atoms with Gasteiger partial charge in [0.2, 0.25) is 0 Å². The molecular formula is C12H13BrOS2. The minimum Gasteiger partial charge on any atom is -0.380 e. The van der Waals surface area contributed by atoms with Gasteiger partial charge >= 0.3 is 0 Å². The normalized spacial score (nSPS) is 11.9. The van der Waals surface area contributed by atoms with Crippen molar-refractivity contribution in [3.8, 4) is 0 Å². The largest absolute Gasteiger partial charge is 0.380 e. The van der Waals surface area contributed by atoms with E-state index in [2.05, 4.69) is 15.9 Å². The Morgan fingerprint density at radius 3 is 2.06 bits per heavy atom. The molecule has 2 aromatic heterocycles. The van der Waals surface area contributed by atoms with E-state index in [1.54, 1.807) is 22.7 Å². The Bertz CT molecular complexity index is 374. The molecule has 2 heterocycles. The third kappa shape index (κ3) is 2.40. The maximum Gasteiger partial charge on any atom is 0.116 e. The highest BCUT2D eigenvalue weighted by Gasteiger charge is 2.31. The van der Waals surface area contributed by atoms with Crippen LogP contribution < -0.4 is 0 Å². The molecule has 1 nitrogen and oxygen atoms in total. The molecule has 16 heavy (non-hydrogen) atoms. The van der Waals surface area contributed by atoms with Gasteiger partial charge in [-0.15, -0.1) is 0 Å². The van der Waals surface area contributed by atoms with Gasteiger partial charge in [0, 0.05) is 5.33 Å². The molecular weight excluding hydrogens is 304 g/mol. The number of hydrogen-bond donors (Lipinski definition) is 1. The maximum absolute atomic E-state index is 10.9. The van der Waals surface area contributed by atoms with E-state index >= 15 is 0 Å². The zero-order valence-corrected chi connectivity index (χ0v) is 11.9. The summed E-state index contributed by atoms with van der Waals surface area (Å²) in [5, 5.41) is 19.9. The average Bonchev–Trinajstić information content (AvgIpc) is 2.96. The fourth-order valence-electron chi connectivity index (χ4n) is 1.78. The Hall–Kier alpha value is -0.160. The SMILES string of the molecule is OC(CCCBr)(c1ccsc1)c1ccsc1. The smallest absolute Gasteiger partial charge is 0.116 e. The topological polar surface area (TPSA) is 20.2 Å². The van der Waals surface area contributed by atoms with Crippen LogP contribution in [-0.4, -0.2) is 10.4 Å². The first-order chi connectivity index (χ1) is 7.77. The average molecular weight is 317 g/mol. The molecule has 0 saturated carbocycles. The maximum atomic E-state index is 10.9. The van der Waals surface area contributed by atoms with Gasteiger partial charge in [-0.05, 0) is 57.6 Å². The van der Waals surface area contributed by atoms with Crippen molar-refractivity contribution in [1.82, 2.24) is 0 Å². The molecule has 1 N–H and O–H groups in total. The van der Waals surface area contributed by atoms with Crippen LogP contribution in [0.3, 0.4) is 0 Å². The second kappa shape index (κ2) is 5.45. The number of hydrogen-bond acceptors (Lipinski definition) is 3. The van der Waals surface area contributed by atoms with Crippen molar-refractivity contribution in [1.29, 1.82) is 0 Å². The van der Waals surface area contributed by atoms with Crippen LogP contribution in [0, 0.1) is 0 Å². The highest BCUT2D eigenvalue weighted by atomic mass is 79.9. The molecule has 0 aliphatic carbocycles. The summed E-state index contributed by atoms with van der Waals surface area (Å²) < 4.78 is 0. The summed E-state index contributed by atoms with van der Waals surface area (Å²) >= 11 is 6.68. The van der Waals surface area contributed by atoms with Crippen LogP contribution in [0.1, 0.15) is 24.0 Å². The lowest BCUT2D eigenvalue weighted by Crippen LogP contribution is -2.26. The summed E-state index contributed by atoms with van der Waals surface area (Å²) in [5.74, 6) is 0. The van der Waals surface area contributed by atoms with Crippen LogP contribution in [0.15, 0.2) is 33.7 Å². The second-order valence-corrected chi connectivity index (χ2v) is 6.03. The summed E-state index contributed by atoms with van der Waals surface area (Å²) in [6.07, 6.45) is 1.72. The molecule has 0 atom stereocenters. The Kier molecular flexibility index (Phi) is 4.19. The molecule has 0 radical (unpaired) electrons. The van der Waals surface area contributed by atoms with Gasteiger partial charge in [-0.3, -0.25) is 0 Å². The molecule has 0 spiro atoms. The molecule has 0 aliphatic rings. The molecule has 0 unspecified atom stereocenters. The van der Waals surface area contributed by atoms with Crippen molar-refractivity contribution in [3.63, 3.8) is 0 Å². The lowest BCUT2D eigenvalue weighted by Gasteiger charge is -2.26. The number of alkyl halides is 1. The number of aliphatic hydroxyl groups is 1. The van der Waals surface area contributed by atoms with Crippen LogP contribution in [0.4, 0.5) is 0 Å². The lowest BCUT2D eigenvalue weighted by molar-refractivity contribution is 0.0715. The van der Waals surface area contributed by atoms with Crippen LogP contribution in [0.25, 0.3) is 0 Å². The number of thiophene rings is 2. The van der Waals surface area contributed by atoms with Crippen LogP contribution in [0.5, 0.6) is 0 Å². The second-order valence-electron chi connectivity index (χ2n) is 3.68. The number of rotatable bonds is 5. The zero-order chi connectivity index (χ0) is 11.4. The summed E-state index contributed by atoms with van der Waals surface area (Å²) in [6.45, 7) is 0. The summed E-state index contributed by atoms with van der Waals surface area (Å²) in [6, 6.07) is 4.02. The third-order valence-electron chi connectivity index (χ3n) is 2.67.